The summed E-state index contributed by atoms with van der Waals surface area (Å²) < 4.78 is 4.70. The van der Waals surface area contributed by atoms with Gasteiger partial charge >= 0.3 is 0 Å². The molecule has 0 unspecified atom stereocenters. The quantitative estimate of drug-likeness (QED) is 0.123. The van der Waals surface area contributed by atoms with Crippen LogP contribution in [0.15, 0.2) is 206 Å². The summed E-state index contributed by atoms with van der Waals surface area (Å²) in [5.41, 5.74) is 13.3. The molecule has 310 valence electrons. The van der Waals surface area contributed by atoms with Gasteiger partial charge in [-0.25, -0.2) is 9.97 Å². The van der Waals surface area contributed by atoms with Crippen molar-refractivity contribution in [2.24, 2.45) is 0 Å². The zero-order chi connectivity index (χ0) is 43.0. The van der Waals surface area contributed by atoms with Gasteiger partial charge in [-0.2, -0.15) is 0 Å². The van der Waals surface area contributed by atoms with E-state index >= 15 is 0 Å². The number of fused-ring (bicyclic) bond motifs is 2. The van der Waals surface area contributed by atoms with Crippen LogP contribution in [0.3, 0.4) is 0 Å². The highest BCUT2D eigenvalue weighted by molar-refractivity contribution is 7.19. The summed E-state index contributed by atoms with van der Waals surface area (Å²) in [6.45, 7) is 6.03. The van der Waals surface area contributed by atoms with Crippen LogP contribution in [0.1, 0.15) is 13.8 Å². The highest BCUT2D eigenvalue weighted by atomic mass is 32.1. The zero-order valence-electron chi connectivity index (χ0n) is 35.5. The van der Waals surface area contributed by atoms with Crippen LogP contribution < -0.4 is 9.80 Å². The number of nitrogens with zero attached hydrogens (tertiary/aromatic N) is 6. The van der Waals surface area contributed by atoms with Crippen LogP contribution in [-0.4, -0.2) is 19.1 Å². The topological polar surface area (TPSA) is 42.1 Å². The second-order valence-corrected chi connectivity index (χ2v) is 17.8. The number of para-hydroxylation sites is 4. The van der Waals surface area contributed by atoms with Gasteiger partial charge in [-0.15, -0.1) is 22.7 Å². The lowest BCUT2D eigenvalue weighted by Gasteiger charge is -2.25. The average molecular weight is 865 g/mol. The second kappa shape index (κ2) is 17.0. The maximum absolute atomic E-state index is 5.27. The van der Waals surface area contributed by atoms with Gasteiger partial charge in [0, 0.05) is 57.0 Å². The number of anilines is 6. The maximum atomic E-state index is 5.27. The number of hydrogen-bond donors (Lipinski definition) is 0. The number of rotatable bonds is 12. The van der Waals surface area contributed by atoms with E-state index < -0.39 is 0 Å². The minimum Gasteiger partial charge on any atom is -0.324 e. The third kappa shape index (κ3) is 7.26. The summed E-state index contributed by atoms with van der Waals surface area (Å²) in [7, 11) is 0. The minimum absolute atomic E-state index is 0.808. The molecule has 11 aromatic rings. The van der Waals surface area contributed by atoms with Crippen molar-refractivity contribution >= 4 is 78.9 Å². The summed E-state index contributed by atoms with van der Waals surface area (Å²) in [5.74, 6) is 1.98. The van der Waals surface area contributed by atoms with Crippen molar-refractivity contribution in [1.29, 1.82) is 0 Å². The van der Waals surface area contributed by atoms with Gasteiger partial charge in [0.15, 0.2) is 11.6 Å². The molecule has 4 heterocycles. The molecular formula is C56H44N6S2. The van der Waals surface area contributed by atoms with Crippen molar-refractivity contribution in [3.8, 4) is 42.3 Å². The Kier molecular flexibility index (Phi) is 10.4. The third-order valence-electron chi connectivity index (χ3n) is 11.8. The van der Waals surface area contributed by atoms with E-state index in [1.54, 1.807) is 22.7 Å². The first-order valence-electron chi connectivity index (χ1n) is 21.8. The molecule has 0 atom stereocenters. The average Bonchev–Trinajstić information content (AvgIpc) is 4.18. The van der Waals surface area contributed by atoms with E-state index in [4.69, 9.17) is 9.97 Å². The SMILES string of the molecule is CCn1c(-c2ccc(-c3ccc(N(c4ccccc4)c4ccccc4)cc3)s2)nc2cc3nc(-c4ccc(-c5ccc(N(c6ccccc6)c6ccccc6)cc5)s4)n(CC)c3cc21. The number of imidazole rings is 2. The fraction of sp³-hybridized carbons (Fsp3) is 0.0714. The summed E-state index contributed by atoms with van der Waals surface area (Å²) in [5, 5.41) is 0. The van der Waals surface area contributed by atoms with Crippen LogP contribution in [-0.2, 0) is 13.1 Å². The predicted octanol–water partition coefficient (Wildman–Crippen LogP) is 16.2. The van der Waals surface area contributed by atoms with E-state index in [0.29, 0.717) is 0 Å². The molecule has 0 N–H and O–H groups in total. The molecular weight excluding hydrogens is 821 g/mol. The van der Waals surface area contributed by atoms with E-state index in [-0.39, 0.29) is 0 Å². The molecule has 0 fully saturated rings. The summed E-state index contributed by atoms with van der Waals surface area (Å²) in [6, 6.07) is 73.3. The Bertz CT molecular complexity index is 3030. The monoisotopic (exact) mass is 864 g/mol. The van der Waals surface area contributed by atoms with Crippen LogP contribution in [0.2, 0.25) is 0 Å². The Morgan fingerprint density at radius 1 is 0.359 bits per heavy atom. The Morgan fingerprint density at radius 3 is 1.00 bits per heavy atom. The lowest BCUT2D eigenvalue weighted by Crippen LogP contribution is -2.09. The lowest BCUT2D eigenvalue weighted by molar-refractivity contribution is 0.791. The van der Waals surface area contributed by atoms with Crippen molar-refractivity contribution in [2.45, 2.75) is 26.9 Å². The zero-order valence-corrected chi connectivity index (χ0v) is 37.2. The van der Waals surface area contributed by atoms with Gasteiger partial charge in [0.1, 0.15) is 0 Å². The molecule has 0 aliphatic rings. The molecule has 0 radical (unpaired) electrons. The molecule has 11 rings (SSSR count). The van der Waals surface area contributed by atoms with Gasteiger partial charge in [-0.05, 0) is 134 Å². The predicted molar refractivity (Wildman–Crippen MR) is 271 cm³/mol. The molecule has 0 aliphatic heterocycles. The number of thiophene rings is 2. The Labute approximate surface area is 381 Å². The van der Waals surface area contributed by atoms with E-state index in [1.165, 1.54) is 20.9 Å². The second-order valence-electron chi connectivity index (χ2n) is 15.6. The number of hydrogen-bond acceptors (Lipinski definition) is 6. The van der Waals surface area contributed by atoms with E-state index in [2.05, 4.69) is 239 Å². The van der Waals surface area contributed by atoms with Crippen molar-refractivity contribution in [3.05, 3.63) is 206 Å². The van der Waals surface area contributed by atoms with E-state index in [1.807, 2.05) is 0 Å². The van der Waals surface area contributed by atoms with Crippen LogP contribution >= 0.6 is 22.7 Å². The first-order chi connectivity index (χ1) is 31.6. The van der Waals surface area contributed by atoms with Crippen LogP contribution in [0.5, 0.6) is 0 Å². The number of aryl methyl sites for hydroxylation is 2. The molecule has 0 saturated heterocycles. The molecule has 6 nitrogen and oxygen atoms in total. The van der Waals surface area contributed by atoms with Crippen molar-refractivity contribution in [1.82, 2.24) is 19.1 Å². The van der Waals surface area contributed by atoms with Gasteiger partial charge < -0.3 is 18.9 Å². The standard InChI is InChI=1S/C56H44N6S2/c1-3-59-49-38-50-48(37-47(49)57-55(59)53-35-33-51(63-53)39-25-29-45(30-26-39)61(41-17-9-5-10-18-41)42-19-11-6-12-20-42)58-56(60(50)4-2)54-36-34-52(64-54)40-27-31-46(32-28-40)62(43-21-13-7-14-22-43)44-23-15-8-16-24-44/h5-38H,3-4H2,1-2H3. The van der Waals surface area contributed by atoms with Gasteiger partial charge in [-0.3, -0.25) is 0 Å². The number of aromatic nitrogens is 4. The first-order valence-corrected chi connectivity index (χ1v) is 23.4. The largest absolute Gasteiger partial charge is 0.324 e. The molecule has 0 bridgehead atoms. The Morgan fingerprint density at radius 2 is 0.672 bits per heavy atom. The fourth-order valence-electron chi connectivity index (χ4n) is 8.74. The van der Waals surface area contributed by atoms with Crippen molar-refractivity contribution < 1.29 is 0 Å². The third-order valence-corrected chi connectivity index (χ3v) is 14.0. The summed E-state index contributed by atoms with van der Waals surface area (Å²) in [6.07, 6.45) is 0. The molecule has 4 aromatic heterocycles. The fourth-order valence-corrected chi connectivity index (χ4v) is 10.8. The van der Waals surface area contributed by atoms with Gasteiger partial charge in [0.05, 0.1) is 31.8 Å². The lowest BCUT2D eigenvalue weighted by atomic mass is 10.1. The first kappa shape index (κ1) is 39.3. The molecule has 64 heavy (non-hydrogen) atoms. The molecule has 0 amide bonds. The van der Waals surface area contributed by atoms with Crippen LogP contribution in [0.25, 0.3) is 64.4 Å². The Balaban J connectivity index is 0.871. The normalized spacial score (nSPS) is 11.4. The molecule has 0 spiro atoms. The van der Waals surface area contributed by atoms with E-state index in [9.17, 15) is 0 Å². The highest BCUT2D eigenvalue weighted by Crippen LogP contribution is 2.42. The summed E-state index contributed by atoms with van der Waals surface area (Å²) in [4.78, 5) is 19.9. The van der Waals surface area contributed by atoms with E-state index in [0.717, 1.165) is 90.7 Å². The Hall–Kier alpha value is -7.52. The van der Waals surface area contributed by atoms with Crippen LogP contribution in [0.4, 0.5) is 34.1 Å². The minimum atomic E-state index is 0.808. The summed E-state index contributed by atoms with van der Waals surface area (Å²) >= 11 is 3.57. The smallest absolute Gasteiger partial charge is 0.151 e. The van der Waals surface area contributed by atoms with Gasteiger partial charge in [0.2, 0.25) is 0 Å². The highest BCUT2D eigenvalue weighted by Gasteiger charge is 2.21. The van der Waals surface area contributed by atoms with Crippen molar-refractivity contribution in [2.75, 3.05) is 9.80 Å². The van der Waals surface area contributed by atoms with Crippen molar-refractivity contribution in [3.63, 3.8) is 0 Å². The molecule has 7 aromatic carbocycles. The molecule has 8 heteroatoms. The molecule has 0 aliphatic carbocycles. The van der Waals surface area contributed by atoms with Gasteiger partial charge in [-0.1, -0.05) is 97.1 Å². The maximum Gasteiger partial charge on any atom is 0.151 e. The molecule has 0 saturated carbocycles. The van der Waals surface area contributed by atoms with Gasteiger partial charge in [0.25, 0.3) is 0 Å². The number of benzene rings is 7. The van der Waals surface area contributed by atoms with Crippen LogP contribution in [0, 0.1) is 0 Å².